The highest BCUT2D eigenvalue weighted by Gasteiger charge is 2.43. The summed E-state index contributed by atoms with van der Waals surface area (Å²) in [5.74, 6) is -4.15. The van der Waals surface area contributed by atoms with Crippen LogP contribution in [-0.2, 0) is 15.7 Å². The van der Waals surface area contributed by atoms with Gasteiger partial charge in [0.2, 0.25) is 0 Å². The molecule has 0 amide bonds. The average molecular weight is 536 g/mol. The highest BCUT2D eigenvalue weighted by Crippen LogP contribution is 2.35. The number of hydrogen-bond donors (Lipinski definition) is 0. The maximum absolute atomic E-state index is 13.7. The fourth-order valence-electron chi connectivity index (χ4n) is 4.18. The summed E-state index contributed by atoms with van der Waals surface area (Å²) in [6.45, 7) is -0.740. The average Bonchev–Trinajstić information content (AvgIpc) is 2.82. The number of piperidine rings is 1. The Labute approximate surface area is 209 Å². The number of hydrogen-bond acceptors (Lipinski definition) is 4. The molecule has 1 aliphatic heterocycles. The van der Waals surface area contributed by atoms with Crippen LogP contribution in [0.3, 0.4) is 0 Å². The molecule has 2 unspecified atom stereocenters. The van der Waals surface area contributed by atoms with Crippen LogP contribution in [-0.4, -0.2) is 49.1 Å². The molecule has 2 atom stereocenters. The number of halogens is 7. The summed E-state index contributed by atoms with van der Waals surface area (Å²) in [4.78, 5) is 25.7. The maximum Gasteiger partial charge on any atom is 0.416 e. The molecule has 0 spiro atoms. The number of carbonyl (C=O) groups is 2. The van der Waals surface area contributed by atoms with Gasteiger partial charge in [-0.15, -0.1) is 0 Å². The second kappa shape index (κ2) is 11.6. The molecule has 11 heteroatoms. The lowest BCUT2D eigenvalue weighted by molar-refractivity contribution is -0.188. The summed E-state index contributed by atoms with van der Waals surface area (Å²) >= 11 is 5.74. The molecule has 1 fully saturated rings. The molecule has 36 heavy (non-hydrogen) atoms. The predicted octanol–water partition coefficient (Wildman–Crippen LogP) is 6.53. The second-order valence-corrected chi connectivity index (χ2v) is 9.19. The Morgan fingerprint density at radius 3 is 2.39 bits per heavy atom. The number of ketones is 1. The zero-order valence-corrected chi connectivity index (χ0v) is 19.8. The van der Waals surface area contributed by atoms with E-state index in [9.17, 15) is 35.9 Å². The van der Waals surface area contributed by atoms with Crippen LogP contribution in [0.15, 0.2) is 48.5 Å². The summed E-state index contributed by atoms with van der Waals surface area (Å²) in [6.07, 6.45) is -9.14. The van der Waals surface area contributed by atoms with Gasteiger partial charge in [-0.1, -0.05) is 29.8 Å². The van der Waals surface area contributed by atoms with E-state index < -0.39 is 55.2 Å². The number of carbonyl (C=O) groups excluding carboxylic acids is 2. The van der Waals surface area contributed by atoms with Crippen LogP contribution >= 0.6 is 11.6 Å². The van der Waals surface area contributed by atoms with Crippen LogP contribution in [0, 0.1) is 5.92 Å². The largest absolute Gasteiger partial charge is 0.457 e. The molecule has 0 radical (unpaired) electrons. The van der Waals surface area contributed by atoms with Crippen molar-refractivity contribution in [1.29, 1.82) is 0 Å². The van der Waals surface area contributed by atoms with Crippen molar-refractivity contribution in [2.75, 3.05) is 26.2 Å². The van der Waals surface area contributed by atoms with E-state index in [1.807, 2.05) is 0 Å². The van der Waals surface area contributed by atoms with E-state index in [1.54, 1.807) is 6.07 Å². The van der Waals surface area contributed by atoms with Crippen molar-refractivity contribution < 1.29 is 40.7 Å². The van der Waals surface area contributed by atoms with Gasteiger partial charge in [-0.05, 0) is 61.2 Å². The number of Topliss-reactive ketones (excluding diaryl/α,β-unsaturated/α-hetero) is 1. The van der Waals surface area contributed by atoms with Gasteiger partial charge in [0.15, 0.2) is 12.4 Å². The first-order valence-corrected chi connectivity index (χ1v) is 11.6. The fraction of sp³-hybridized carbons (Fsp3) is 0.440. The first-order valence-electron chi connectivity index (χ1n) is 11.2. The van der Waals surface area contributed by atoms with Gasteiger partial charge >= 0.3 is 18.3 Å². The SMILES string of the molecule is O=C(CC(CN1CCCC(c2cccc(C(F)(F)F)c2)C1)C(F)(F)F)OCC(=O)c1ccc(Cl)cc1. The van der Waals surface area contributed by atoms with E-state index in [-0.39, 0.29) is 18.0 Å². The molecule has 1 saturated heterocycles. The second-order valence-electron chi connectivity index (χ2n) is 8.76. The van der Waals surface area contributed by atoms with Crippen molar-refractivity contribution in [1.82, 2.24) is 4.90 Å². The van der Waals surface area contributed by atoms with Crippen LogP contribution in [0.5, 0.6) is 0 Å². The third kappa shape index (κ3) is 7.96. The fourth-order valence-corrected chi connectivity index (χ4v) is 4.31. The lowest BCUT2D eigenvalue weighted by atomic mass is 9.89. The number of nitrogens with zero attached hydrogens (tertiary/aromatic N) is 1. The predicted molar refractivity (Wildman–Crippen MR) is 121 cm³/mol. The van der Waals surface area contributed by atoms with Crippen molar-refractivity contribution in [2.24, 2.45) is 5.92 Å². The highest BCUT2D eigenvalue weighted by atomic mass is 35.5. The minimum atomic E-state index is -4.71. The van der Waals surface area contributed by atoms with Crippen LogP contribution in [0.1, 0.15) is 46.7 Å². The molecule has 0 bridgehead atoms. The van der Waals surface area contributed by atoms with Crippen molar-refractivity contribution in [2.45, 2.75) is 37.5 Å². The standard InChI is InChI=1S/C25H24ClF6NO3/c26-21-8-6-16(7-9-21)22(34)15-36-23(35)12-20(25(30,31)32)14-33-10-2-4-18(13-33)17-3-1-5-19(11-17)24(27,28)29/h1,3,5-9,11,18,20H,2,4,10,12-15H2. The van der Waals surface area contributed by atoms with E-state index in [4.69, 9.17) is 16.3 Å². The smallest absolute Gasteiger partial charge is 0.416 e. The van der Waals surface area contributed by atoms with Gasteiger partial charge in [0.05, 0.1) is 17.9 Å². The number of alkyl halides is 6. The topological polar surface area (TPSA) is 46.6 Å². The number of ether oxygens (including phenoxy) is 1. The Kier molecular flexibility index (Phi) is 9.05. The van der Waals surface area contributed by atoms with Crippen molar-refractivity contribution in [3.8, 4) is 0 Å². The molecule has 2 aromatic carbocycles. The summed E-state index contributed by atoms with van der Waals surface area (Å²) in [7, 11) is 0. The molecular weight excluding hydrogens is 512 g/mol. The van der Waals surface area contributed by atoms with Gasteiger partial charge < -0.3 is 9.64 Å². The summed E-state index contributed by atoms with van der Waals surface area (Å²) in [5, 5.41) is 0.393. The van der Waals surface area contributed by atoms with E-state index in [0.717, 1.165) is 12.1 Å². The van der Waals surface area contributed by atoms with Gasteiger partial charge in [-0.2, -0.15) is 26.3 Å². The van der Waals surface area contributed by atoms with E-state index in [1.165, 1.54) is 35.2 Å². The molecule has 0 saturated carbocycles. The van der Waals surface area contributed by atoms with Crippen LogP contribution < -0.4 is 0 Å². The van der Waals surface area contributed by atoms with E-state index >= 15 is 0 Å². The van der Waals surface area contributed by atoms with Gasteiger partial charge in [0, 0.05) is 23.7 Å². The molecule has 1 aliphatic rings. The number of benzene rings is 2. The minimum Gasteiger partial charge on any atom is -0.457 e. The van der Waals surface area contributed by atoms with Crippen molar-refractivity contribution in [3.05, 3.63) is 70.2 Å². The Hall–Kier alpha value is -2.59. The van der Waals surface area contributed by atoms with Crippen LogP contribution in [0.4, 0.5) is 26.3 Å². The molecule has 0 aromatic heterocycles. The van der Waals surface area contributed by atoms with Gasteiger partial charge in [0.1, 0.15) is 0 Å². The monoisotopic (exact) mass is 535 g/mol. The summed E-state index contributed by atoms with van der Waals surface area (Å²) in [6, 6.07) is 10.6. The molecule has 4 nitrogen and oxygen atoms in total. The third-order valence-corrected chi connectivity index (χ3v) is 6.33. The van der Waals surface area contributed by atoms with Gasteiger partial charge in [0.25, 0.3) is 0 Å². The molecule has 2 aromatic rings. The zero-order chi connectivity index (χ0) is 26.5. The molecule has 3 rings (SSSR count). The quantitative estimate of drug-likeness (QED) is 0.219. The van der Waals surface area contributed by atoms with Crippen LogP contribution in [0.2, 0.25) is 5.02 Å². The Morgan fingerprint density at radius 2 is 1.75 bits per heavy atom. The summed E-state index contributed by atoms with van der Waals surface area (Å²) < 4.78 is 85.1. The van der Waals surface area contributed by atoms with Crippen molar-refractivity contribution >= 4 is 23.4 Å². The number of likely N-dealkylation sites (tertiary alicyclic amines) is 1. The Bertz CT molecular complexity index is 1050. The first-order chi connectivity index (χ1) is 16.8. The number of rotatable bonds is 8. The lowest BCUT2D eigenvalue weighted by Gasteiger charge is -2.35. The molecule has 196 valence electrons. The Morgan fingerprint density at radius 1 is 1.06 bits per heavy atom. The molecular formula is C25H24ClF6NO3. The van der Waals surface area contributed by atoms with E-state index in [0.29, 0.717) is 30.0 Å². The minimum absolute atomic E-state index is 0.137. The molecule has 0 N–H and O–H groups in total. The summed E-state index contributed by atoms with van der Waals surface area (Å²) in [5.41, 5.74) is -0.187. The van der Waals surface area contributed by atoms with E-state index in [2.05, 4.69) is 0 Å². The molecule has 1 heterocycles. The number of esters is 1. The Balaban J connectivity index is 1.59. The van der Waals surface area contributed by atoms with Gasteiger partial charge in [-0.3, -0.25) is 9.59 Å². The van der Waals surface area contributed by atoms with Crippen LogP contribution in [0.25, 0.3) is 0 Å². The first kappa shape index (κ1) is 28.0. The third-order valence-electron chi connectivity index (χ3n) is 6.08. The highest BCUT2D eigenvalue weighted by molar-refractivity contribution is 6.30. The normalized spacial score (nSPS) is 18.0. The van der Waals surface area contributed by atoms with Gasteiger partial charge in [-0.25, -0.2) is 0 Å². The molecule has 0 aliphatic carbocycles. The zero-order valence-electron chi connectivity index (χ0n) is 19.0. The van der Waals surface area contributed by atoms with Crippen molar-refractivity contribution in [3.63, 3.8) is 0 Å². The lowest BCUT2D eigenvalue weighted by Crippen LogP contribution is -2.42. The maximum atomic E-state index is 13.7.